The quantitative estimate of drug-likeness (QED) is 0.748. The fourth-order valence-corrected chi connectivity index (χ4v) is 2.90. The van der Waals surface area contributed by atoms with Crippen LogP contribution in [-0.2, 0) is 6.54 Å². The summed E-state index contributed by atoms with van der Waals surface area (Å²) in [4.78, 5) is 3.29. The van der Waals surface area contributed by atoms with Crippen LogP contribution < -0.4 is 4.90 Å². The van der Waals surface area contributed by atoms with Gasteiger partial charge in [0.15, 0.2) is 5.88 Å². The van der Waals surface area contributed by atoms with Crippen LogP contribution in [0, 0.1) is 0 Å². The average molecular weight is 238 g/mol. The van der Waals surface area contributed by atoms with Gasteiger partial charge in [0.1, 0.15) is 0 Å². The number of hydrogen-bond donors (Lipinski definition) is 0. The molecule has 0 spiro atoms. The molecule has 0 unspecified atom stereocenters. The lowest BCUT2D eigenvalue weighted by molar-refractivity contribution is 0.560. The maximum absolute atomic E-state index is 6.18. The summed E-state index contributed by atoms with van der Waals surface area (Å²) < 4.78 is 5.34. The Bertz CT molecular complexity index is 500. The molecule has 0 saturated heterocycles. The van der Waals surface area contributed by atoms with Gasteiger partial charge in [-0.05, 0) is 17.5 Å². The first kappa shape index (κ1) is 9.07. The van der Waals surface area contributed by atoms with E-state index in [4.69, 9.17) is 16.0 Å². The lowest BCUT2D eigenvalue weighted by atomic mass is 10.2. The minimum Gasteiger partial charge on any atom is -0.448 e. The Morgan fingerprint density at radius 3 is 3.13 bits per heavy atom. The van der Waals surface area contributed by atoms with Gasteiger partial charge in [-0.3, -0.25) is 0 Å². The topological polar surface area (TPSA) is 16.4 Å². The van der Waals surface area contributed by atoms with Crippen LogP contribution in [0.1, 0.15) is 10.4 Å². The third kappa shape index (κ3) is 1.48. The van der Waals surface area contributed by atoms with Crippen molar-refractivity contribution in [3.05, 3.63) is 46.5 Å². The number of hydrogen-bond acceptors (Lipinski definition) is 3. The van der Waals surface area contributed by atoms with Gasteiger partial charge < -0.3 is 9.32 Å². The number of fused-ring (bicyclic) bond motifs is 1. The maximum Gasteiger partial charge on any atom is 0.199 e. The van der Waals surface area contributed by atoms with Crippen LogP contribution in [-0.4, -0.2) is 0 Å². The summed E-state index contributed by atoms with van der Waals surface area (Å²) >= 11 is 7.91. The molecular formula is C11H8ClNOS. The van der Waals surface area contributed by atoms with E-state index in [2.05, 4.69) is 11.4 Å². The normalized spacial score (nSPS) is 15.0. The van der Waals surface area contributed by atoms with Gasteiger partial charge in [-0.25, -0.2) is 0 Å². The molecule has 2 aromatic heterocycles. The van der Waals surface area contributed by atoms with Crippen molar-refractivity contribution in [3.63, 3.8) is 0 Å². The van der Waals surface area contributed by atoms with Crippen LogP contribution in [0.5, 0.6) is 0 Å². The van der Waals surface area contributed by atoms with Gasteiger partial charge in [0, 0.05) is 22.7 Å². The molecule has 0 amide bonds. The predicted molar refractivity (Wildman–Crippen MR) is 63.0 cm³/mol. The molecule has 0 fully saturated rings. The SMILES string of the molecule is ClC1=CN(c2ccco2)Cc2sccc21. The average Bonchev–Trinajstić information content (AvgIpc) is 2.88. The number of rotatable bonds is 1. The van der Waals surface area contributed by atoms with E-state index in [1.54, 1.807) is 17.6 Å². The highest BCUT2D eigenvalue weighted by molar-refractivity contribution is 7.10. The maximum atomic E-state index is 6.18. The van der Waals surface area contributed by atoms with E-state index >= 15 is 0 Å². The van der Waals surface area contributed by atoms with E-state index in [0.29, 0.717) is 0 Å². The number of halogens is 1. The molecule has 3 rings (SSSR count). The summed E-state index contributed by atoms with van der Waals surface area (Å²) in [7, 11) is 0. The Balaban J connectivity index is 2.02. The monoisotopic (exact) mass is 237 g/mol. The predicted octanol–water partition coefficient (Wildman–Crippen LogP) is 3.90. The van der Waals surface area contributed by atoms with E-state index in [1.165, 1.54) is 4.88 Å². The smallest absolute Gasteiger partial charge is 0.199 e. The lowest BCUT2D eigenvalue weighted by Gasteiger charge is -2.22. The number of nitrogens with zero attached hydrogens (tertiary/aromatic N) is 1. The zero-order valence-corrected chi connectivity index (χ0v) is 9.39. The van der Waals surface area contributed by atoms with E-state index < -0.39 is 0 Å². The van der Waals surface area contributed by atoms with Crippen molar-refractivity contribution in [1.82, 2.24) is 0 Å². The molecule has 0 N–H and O–H groups in total. The lowest BCUT2D eigenvalue weighted by Crippen LogP contribution is -2.18. The second-order valence-corrected chi connectivity index (χ2v) is 4.72. The molecule has 2 aromatic rings. The Hall–Kier alpha value is -1.19. The Morgan fingerprint density at radius 2 is 2.33 bits per heavy atom. The number of anilines is 1. The van der Waals surface area contributed by atoms with E-state index in [-0.39, 0.29) is 0 Å². The van der Waals surface area contributed by atoms with Gasteiger partial charge in [0.05, 0.1) is 17.8 Å². The minimum atomic E-state index is 0.772. The summed E-state index contributed by atoms with van der Waals surface area (Å²) in [5.41, 5.74) is 1.14. The highest BCUT2D eigenvalue weighted by Crippen LogP contribution is 2.35. The van der Waals surface area contributed by atoms with Gasteiger partial charge >= 0.3 is 0 Å². The molecule has 0 radical (unpaired) electrons. The molecule has 0 aromatic carbocycles. The minimum absolute atomic E-state index is 0.772. The summed E-state index contributed by atoms with van der Waals surface area (Å²) in [5.74, 6) is 0.826. The Labute approximate surface area is 96.4 Å². The van der Waals surface area contributed by atoms with Gasteiger partial charge in [-0.1, -0.05) is 11.6 Å². The second kappa shape index (κ2) is 3.43. The van der Waals surface area contributed by atoms with Gasteiger partial charge in [-0.15, -0.1) is 11.3 Å². The first-order valence-electron chi connectivity index (χ1n) is 4.59. The molecule has 4 heteroatoms. The number of thiophene rings is 1. The largest absolute Gasteiger partial charge is 0.448 e. The molecule has 3 heterocycles. The van der Waals surface area contributed by atoms with Crippen LogP contribution >= 0.6 is 22.9 Å². The van der Waals surface area contributed by atoms with Crippen molar-refractivity contribution in [3.8, 4) is 0 Å². The van der Waals surface area contributed by atoms with Crippen LogP contribution in [0.15, 0.2) is 40.5 Å². The summed E-state index contributed by atoms with van der Waals surface area (Å²) in [5, 5.41) is 2.83. The molecular weight excluding hydrogens is 230 g/mol. The first-order valence-corrected chi connectivity index (χ1v) is 5.84. The van der Waals surface area contributed by atoms with Crippen molar-refractivity contribution < 1.29 is 4.42 Å². The van der Waals surface area contributed by atoms with Crippen molar-refractivity contribution in [2.45, 2.75) is 6.54 Å². The van der Waals surface area contributed by atoms with Crippen molar-refractivity contribution in [2.24, 2.45) is 0 Å². The fourth-order valence-electron chi connectivity index (χ4n) is 1.66. The standard InChI is InChI=1S/C11H8ClNOS/c12-9-6-13(11-2-1-4-14-11)7-10-8(9)3-5-15-10/h1-6H,7H2. The van der Waals surface area contributed by atoms with E-state index in [1.807, 2.05) is 23.2 Å². The highest BCUT2D eigenvalue weighted by atomic mass is 35.5. The van der Waals surface area contributed by atoms with E-state index in [9.17, 15) is 0 Å². The second-order valence-electron chi connectivity index (χ2n) is 3.31. The van der Waals surface area contributed by atoms with Crippen molar-refractivity contribution in [1.29, 1.82) is 0 Å². The van der Waals surface area contributed by atoms with Crippen molar-refractivity contribution in [2.75, 3.05) is 4.90 Å². The Morgan fingerprint density at radius 1 is 1.40 bits per heavy atom. The molecule has 0 aliphatic carbocycles. The van der Waals surface area contributed by atoms with Crippen LogP contribution in [0.25, 0.3) is 5.03 Å². The third-order valence-corrected chi connectivity index (χ3v) is 3.58. The molecule has 0 saturated carbocycles. The summed E-state index contributed by atoms with van der Waals surface area (Å²) in [6.45, 7) is 0.830. The zero-order chi connectivity index (χ0) is 10.3. The Kier molecular flexibility index (Phi) is 2.08. The van der Waals surface area contributed by atoms with Crippen molar-refractivity contribution >= 4 is 33.9 Å². The van der Waals surface area contributed by atoms with Crippen LogP contribution in [0.4, 0.5) is 5.88 Å². The molecule has 15 heavy (non-hydrogen) atoms. The molecule has 76 valence electrons. The van der Waals surface area contributed by atoms with Crippen LogP contribution in [0.3, 0.4) is 0 Å². The van der Waals surface area contributed by atoms with E-state index in [0.717, 1.165) is 23.0 Å². The molecule has 1 aliphatic rings. The molecule has 0 bridgehead atoms. The first-order chi connectivity index (χ1) is 7.34. The number of furan rings is 1. The molecule has 0 atom stereocenters. The highest BCUT2D eigenvalue weighted by Gasteiger charge is 2.19. The van der Waals surface area contributed by atoms with Gasteiger partial charge in [-0.2, -0.15) is 0 Å². The summed E-state index contributed by atoms with van der Waals surface area (Å²) in [6, 6.07) is 5.86. The van der Waals surface area contributed by atoms with Crippen LogP contribution in [0.2, 0.25) is 0 Å². The van der Waals surface area contributed by atoms with Gasteiger partial charge in [0.2, 0.25) is 0 Å². The summed E-state index contributed by atoms with van der Waals surface area (Å²) in [6.07, 6.45) is 3.58. The van der Waals surface area contributed by atoms with Gasteiger partial charge in [0.25, 0.3) is 0 Å². The molecule has 2 nitrogen and oxygen atoms in total. The zero-order valence-electron chi connectivity index (χ0n) is 7.81. The third-order valence-electron chi connectivity index (χ3n) is 2.38. The molecule has 1 aliphatic heterocycles. The fraction of sp³-hybridized carbons (Fsp3) is 0.0909.